The van der Waals surface area contributed by atoms with Crippen LogP contribution >= 0.6 is 0 Å². The maximum absolute atomic E-state index is 2.36. The summed E-state index contributed by atoms with van der Waals surface area (Å²) in [5, 5.41) is 0. The van der Waals surface area contributed by atoms with Gasteiger partial charge in [0.25, 0.3) is 0 Å². The van der Waals surface area contributed by atoms with E-state index in [4.69, 9.17) is 0 Å². The summed E-state index contributed by atoms with van der Waals surface area (Å²) in [6.45, 7) is 8.87. The maximum Gasteiger partial charge on any atom is -0.00604 e. The predicted octanol–water partition coefficient (Wildman–Crippen LogP) is 5.24. The molecule has 0 aromatic heterocycles. The summed E-state index contributed by atoms with van der Waals surface area (Å²) in [6.07, 6.45) is 3.47. The Morgan fingerprint density at radius 1 is 0.842 bits per heavy atom. The van der Waals surface area contributed by atoms with Crippen molar-refractivity contribution in [1.29, 1.82) is 0 Å². The smallest absolute Gasteiger partial charge is 0.00604 e. The number of hydrogen-bond acceptors (Lipinski definition) is 0. The molecule has 0 atom stereocenters. The van der Waals surface area contributed by atoms with E-state index in [0.29, 0.717) is 0 Å². The Hall–Kier alpha value is -1.82. The summed E-state index contributed by atoms with van der Waals surface area (Å²) < 4.78 is 0. The van der Waals surface area contributed by atoms with Crippen LogP contribution in [-0.4, -0.2) is 0 Å². The molecule has 2 aromatic carbocycles. The fraction of sp³-hybridized carbons (Fsp3) is 0.263. The van der Waals surface area contributed by atoms with Crippen molar-refractivity contribution in [3.63, 3.8) is 0 Å². The van der Waals surface area contributed by atoms with Crippen LogP contribution in [0.25, 0.3) is 17.2 Å². The number of rotatable bonds is 1. The Bertz CT molecular complexity index is 687. The molecule has 0 saturated carbocycles. The third-order valence-electron chi connectivity index (χ3n) is 4.28. The molecule has 0 amide bonds. The van der Waals surface area contributed by atoms with Gasteiger partial charge in [0, 0.05) is 0 Å². The second-order valence-corrected chi connectivity index (χ2v) is 5.75. The predicted molar refractivity (Wildman–Crippen MR) is 83.4 cm³/mol. The highest BCUT2D eigenvalue weighted by Gasteiger charge is 2.17. The Kier molecular flexibility index (Phi) is 2.82. The molecule has 0 aliphatic heterocycles. The van der Waals surface area contributed by atoms with Gasteiger partial charge in [0.1, 0.15) is 0 Å². The molecular weight excluding hydrogens is 228 g/mol. The summed E-state index contributed by atoms with van der Waals surface area (Å²) >= 11 is 0. The monoisotopic (exact) mass is 248 g/mol. The average Bonchev–Trinajstić information content (AvgIpc) is 2.74. The van der Waals surface area contributed by atoms with Crippen molar-refractivity contribution < 1.29 is 0 Å². The minimum Gasteiger partial charge on any atom is -0.0683 e. The molecule has 2 aromatic rings. The molecule has 0 heterocycles. The molecule has 0 unspecified atom stereocenters. The Labute approximate surface area is 115 Å². The van der Waals surface area contributed by atoms with E-state index < -0.39 is 0 Å². The molecule has 0 bridgehead atoms. The Morgan fingerprint density at radius 2 is 1.63 bits per heavy atom. The molecule has 0 radical (unpaired) electrons. The number of aryl methyl sites for hydroxylation is 2. The van der Waals surface area contributed by atoms with E-state index >= 15 is 0 Å². The van der Waals surface area contributed by atoms with Crippen molar-refractivity contribution in [2.75, 3.05) is 0 Å². The third kappa shape index (κ3) is 1.92. The van der Waals surface area contributed by atoms with E-state index in [1.165, 1.54) is 44.5 Å². The lowest BCUT2D eigenvalue weighted by molar-refractivity contribution is 1.19. The highest BCUT2D eigenvalue weighted by molar-refractivity contribution is 5.84. The van der Waals surface area contributed by atoms with E-state index in [-0.39, 0.29) is 0 Å². The normalized spacial score (nSPS) is 13.4. The van der Waals surface area contributed by atoms with Crippen LogP contribution < -0.4 is 0 Å². The van der Waals surface area contributed by atoms with Crippen LogP contribution in [0.2, 0.25) is 0 Å². The second-order valence-electron chi connectivity index (χ2n) is 5.75. The van der Waals surface area contributed by atoms with Crippen LogP contribution in [0.5, 0.6) is 0 Å². The molecule has 1 aliphatic rings. The minimum atomic E-state index is 1.10. The van der Waals surface area contributed by atoms with E-state index in [1.807, 2.05) is 0 Å². The number of allylic oxidation sites excluding steroid dienone is 1. The molecule has 1 aliphatic carbocycles. The average molecular weight is 248 g/mol. The van der Waals surface area contributed by atoms with Gasteiger partial charge in [-0.3, -0.25) is 0 Å². The fourth-order valence-corrected chi connectivity index (χ4v) is 3.07. The van der Waals surface area contributed by atoms with Crippen molar-refractivity contribution in [3.05, 3.63) is 63.7 Å². The molecule has 0 heteroatoms. The first kappa shape index (κ1) is 12.2. The molecule has 0 fully saturated rings. The fourth-order valence-electron chi connectivity index (χ4n) is 3.07. The molecule has 0 saturated heterocycles. The van der Waals surface area contributed by atoms with Crippen LogP contribution in [-0.2, 0) is 6.42 Å². The topological polar surface area (TPSA) is 0 Å². The van der Waals surface area contributed by atoms with Gasteiger partial charge in [-0.15, -0.1) is 0 Å². The Balaban J connectivity index is 2.32. The van der Waals surface area contributed by atoms with E-state index in [2.05, 4.69) is 64.1 Å². The van der Waals surface area contributed by atoms with Gasteiger partial charge >= 0.3 is 0 Å². The quantitative estimate of drug-likeness (QED) is 0.647. The standard InChI is InChI=1S/C19H20/c1-12-10-16-9-8-14(3)19(18(16)11-12)17-7-5-6-13(2)15(17)4/h5-9,11H,10H2,1-4H3. The van der Waals surface area contributed by atoms with Crippen molar-refractivity contribution in [2.45, 2.75) is 34.1 Å². The van der Waals surface area contributed by atoms with Crippen LogP contribution in [0.4, 0.5) is 0 Å². The molecule has 0 N–H and O–H groups in total. The zero-order valence-electron chi connectivity index (χ0n) is 12.2. The van der Waals surface area contributed by atoms with E-state index in [1.54, 1.807) is 0 Å². The minimum absolute atomic E-state index is 1.10. The molecule has 96 valence electrons. The van der Waals surface area contributed by atoms with Crippen molar-refractivity contribution >= 4 is 6.08 Å². The first-order valence-corrected chi connectivity index (χ1v) is 6.94. The number of benzene rings is 2. The summed E-state index contributed by atoms with van der Waals surface area (Å²) in [5.41, 5.74) is 11.3. The molecule has 19 heavy (non-hydrogen) atoms. The SMILES string of the molecule is CC1=Cc2c(ccc(C)c2-c2cccc(C)c2C)C1. The summed E-state index contributed by atoms with van der Waals surface area (Å²) in [5.74, 6) is 0. The first-order valence-electron chi connectivity index (χ1n) is 6.94. The van der Waals surface area contributed by atoms with Crippen LogP contribution in [0.15, 0.2) is 35.9 Å². The summed E-state index contributed by atoms with van der Waals surface area (Å²) in [4.78, 5) is 0. The lowest BCUT2D eigenvalue weighted by atomic mass is 9.89. The van der Waals surface area contributed by atoms with Crippen molar-refractivity contribution in [1.82, 2.24) is 0 Å². The van der Waals surface area contributed by atoms with Gasteiger partial charge in [-0.1, -0.05) is 42.0 Å². The van der Waals surface area contributed by atoms with Crippen LogP contribution in [0, 0.1) is 20.8 Å². The maximum atomic E-state index is 2.36. The molecule has 0 spiro atoms. The van der Waals surface area contributed by atoms with E-state index in [9.17, 15) is 0 Å². The van der Waals surface area contributed by atoms with Gasteiger partial charge < -0.3 is 0 Å². The van der Waals surface area contributed by atoms with Crippen molar-refractivity contribution in [2.24, 2.45) is 0 Å². The number of hydrogen-bond donors (Lipinski definition) is 0. The molecule has 3 rings (SSSR count). The van der Waals surface area contributed by atoms with Crippen molar-refractivity contribution in [3.8, 4) is 11.1 Å². The lowest BCUT2D eigenvalue weighted by Crippen LogP contribution is -1.94. The Morgan fingerprint density at radius 3 is 2.42 bits per heavy atom. The highest BCUT2D eigenvalue weighted by Crippen LogP contribution is 2.38. The third-order valence-corrected chi connectivity index (χ3v) is 4.28. The van der Waals surface area contributed by atoms with Gasteiger partial charge in [-0.25, -0.2) is 0 Å². The largest absolute Gasteiger partial charge is 0.0683 e. The van der Waals surface area contributed by atoms with Crippen LogP contribution in [0.1, 0.15) is 34.7 Å². The van der Waals surface area contributed by atoms with Crippen LogP contribution in [0.3, 0.4) is 0 Å². The summed E-state index contributed by atoms with van der Waals surface area (Å²) in [6, 6.07) is 11.2. The zero-order chi connectivity index (χ0) is 13.6. The first-order chi connectivity index (χ1) is 9.08. The van der Waals surface area contributed by atoms with Gasteiger partial charge in [0.2, 0.25) is 0 Å². The van der Waals surface area contributed by atoms with E-state index in [0.717, 1.165) is 6.42 Å². The zero-order valence-corrected chi connectivity index (χ0v) is 12.2. The van der Waals surface area contributed by atoms with Gasteiger partial charge in [-0.05, 0) is 73.1 Å². The van der Waals surface area contributed by atoms with Gasteiger partial charge in [0.05, 0.1) is 0 Å². The second kappa shape index (κ2) is 4.38. The number of fused-ring (bicyclic) bond motifs is 1. The van der Waals surface area contributed by atoms with Gasteiger partial charge in [-0.2, -0.15) is 0 Å². The highest BCUT2D eigenvalue weighted by atomic mass is 14.2. The molecular formula is C19H20. The molecule has 0 nitrogen and oxygen atoms in total. The lowest BCUT2D eigenvalue weighted by Gasteiger charge is -2.15. The summed E-state index contributed by atoms with van der Waals surface area (Å²) in [7, 11) is 0. The van der Waals surface area contributed by atoms with Gasteiger partial charge in [0.15, 0.2) is 0 Å².